The van der Waals surface area contributed by atoms with Crippen LogP contribution < -0.4 is 10.7 Å². The molecule has 0 bridgehead atoms. The summed E-state index contributed by atoms with van der Waals surface area (Å²) in [6, 6.07) is 7.15. The third-order valence-corrected chi connectivity index (χ3v) is 3.44. The highest BCUT2D eigenvalue weighted by atomic mass is 35.5. The Morgan fingerprint density at radius 2 is 1.74 bits per heavy atom. The third kappa shape index (κ3) is 9.68. The van der Waals surface area contributed by atoms with Gasteiger partial charge in [-0.1, -0.05) is 37.1 Å². The van der Waals surface area contributed by atoms with Gasteiger partial charge in [-0.15, -0.1) is 0 Å². The van der Waals surface area contributed by atoms with Crippen LogP contribution in [0.3, 0.4) is 0 Å². The summed E-state index contributed by atoms with van der Waals surface area (Å²) in [6.45, 7) is 2.81. The lowest BCUT2D eigenvalue weighted by Gasteiger charge is -2.04. The Kier molecular flexibility index (Phi) is 9.71. The number of unbranched alkanes of at least 4 members (excludes halogenated alkanes) is 2. The summed E-state index contributed by atoms with van der Waals surface area (Å²) in [6.07, 6.45) is 5.83. The maximum atomic E-state index is 11.6. The molecule has 0 saturated heterocycles. The minimum Gasteiger partial charge on any atom is -0.356 e. The van der Waals surface area contributed by atoms with Crippen molar-refractivity contribution in [2.45, 2.75) is 45.4 Å². The summed E-state index contributed by atoms with van der Waals surface area (Å²) in [7, 11) is 0. The minimum absolute atomic E-state index is 0.0552. The van der Waals surface area contributed by atoms with E-state index in [1.54, 1.807) is 18.3 Å². The molecule has 126 valence electrons. The fraction of sp³-hybridized carbons (Fsp3) is 0.471. The summed E-state index contributed by atoms with van der Waals surface area (Å²) in [5.41, 5.74) is 3.33. The van der Waals surface area contributed by atoms with E-state index in [0.717, 1.165) is 24.9 Å². The Morgan fingerprint density at radius 3 is 2.39 bits per heavy atom. The number of hydrogen-bond acceptors (Lipinski definition) is 3. The molecule has 0 aromatic heterocycles. The highest BCUT2D eigenvalue weighted by Gasteiger charge is 2.03. The highest BCUT2D eigenvalue weighted by Crippen LogP contribution is 2.07. The summed E-state index contributed by atoms with van der Waals surface area (Å²) in [4.78, 5) is 23.1. The zero-order valence-electron chi connectivity index (χ0n) is 13.5. The number of carbonyl (C=O) groups is 2. The molecule has 0 aliphatic carbocycles. The second-order valence-electron chi connectivity index (χ2n) is 5.26. The number of nitrogens with one attached hydrogen (secondary N) is 2. The van der Waals surface area contributed by atoms with Crippen LogP contribution in [0.2, 0.25) is 5.02 Å². The van der Waals surface area contributed by atoms with Crippen molar-refractivity contribution in [1.29, 1.82) is 0 Å². The average Bonchev–Trinajstić information content (AvgIpc) is 2.54. The van der Waals surface area contributed by atoms with E-state index in [9.17, 15) is 9.59 Å². The van der Waals surface area contributed by atoms with Crippen molar-refractivity contribution in [3.63, 3.8) is 0 Å². The standard InChI is InChI=1S/C17H24ClN3O2/c1-2-3-12-19-16(22)6-4-5-7-17(23)21-20-13-14-8-10-15(18)11-9-14/h8-11,13H,2-7,12H2,1H3,(H,19,22)(H,21,23)/b20-13-. The van der Waals surface area contributed by atoms with Gasteiger partial charge in [-0.2, -0.15) is 5.10 Å². The Bertz CT molecular complexity index is 515. The Hall–Kier alpha value is -1.88. The number of hydrazone groups is 1. The molecule has 1 aromatic rings. The first-order chi connectivity index (χ1) is 11.1. The molecule has 0 aliphatic rings. The topological polar surface area (TPSA) is 70.6 Å². The molecule has 0 aliphatic heterocycles. The number of nitrogens with zero attached hydrogens (tertiary/aromatic N) is 1. The van der Waals surface area contributed by atoms with Crippen LogP contribution in [0.1, 0.15) is 51.0 Å². The molecule has 0 saturated carbocycles. The normalized spacial score (nSPS) is 10.7. The monoisotopic (exact) mass is 337 g/mol. The summed E-state index contributed by atoms with van der Waals surface area (Å²) in [5.74, 6) is -0.0961. The second kappa shape index (κ2) is 11.7. The van der Waals surface area contributed by atoms with Crippen LogP contribution in [0.15, 0.2) is 29.4 Å². The van der Waals surface area contributed by atoms with Gasteiger partial charge in [0.1, 0.15) is 0 Å². The minimum atomic E-state index is -0.151. The van der Waals surface area contributed by atoms with E-state index in [2.05, 4.69) is 22.8 Å². The van der Waals surface area contributed by atoms with Crippen molar-refractivity contribution < 1.29 is 9.59 Å². The quantitative estimate of drug-likeness (QED) is 0.391. The van der Waals surface area contributed by atoms with E-state index in [4.69, 9.17) is 11.6 Å². The third-order valence-electron chi connectivity index (χ3n) is 3.18. The van der Waals surface area contributed by atoms with Gasteiger partial charge in [0, 0.05) is 24.4 Å². The van der Waals surface area contributed by atoms with Crippen molar-refractivity contribution in [3.8, 4) is 0 Å². The second-order valence-corrected chi connectivity index (χ2v) is 5.69. The molecule has 6 heteroatoms. The van der Waals surface area contributed by atoms with Gasteiger partial charge in [0.15, 0.2) is 0 Å². The highest BCUT2D eigenvalue weighted by molar-refractivity contribution is 6.30. The fourth-order valence-electron chi connectivity index (χ4n) is 1.85. The fourth-order valence-corrected chi connectivity index (χ4v) is 1.97. The van der Waals surface area contributed by atoms with Gasteiger partial charge in [-0.05, 0) is 37.0 Å². The molecule has 0 unspecified atom stereocenters. The van der Waals surface area contributed by atoms with E-state index in [-0.39, 0.29) is 11.8 Å². The largest absolute Gasteiger partial charge is 0.356 e. The Labute approximate surface area is 142 Å². The van der Waals surface area contributed by atoms with E-state index in [0.29, 0.717) is 30.7 Å². The molecular formula is C17H24ClN3O2. The Morgan fingerprint density at radius 1 is 1.09 bits per heavy atom. The van der Waals surface area contributed by atoms with E-state index in [1.807, 2.05) is 12.1 Å². The molecule has 23 heavy (non-hydrogen) atoms. The number of hydrogen-bond donors (Lipinski definition) is 2. The van der Waals surface area contributed by atoms with Gasteiger partial charge in [0.25, 0.3) is 0 Å². The summed E-state index contributed by atoms with van der Waals surface area (Å²) in [5, 5.41) is 7.40. The van der Waals surface area contributed by atoms with Gasteiger partial charge in [0.2, 0.25) is 11.8 Å². The molecular weight excluding hydrogens is 314 g/mol. The molecule has 2 N–H and O–H groups in total. The smallest absolute Gasteiger partial charge is 0.240 e. The predicted molar refractivity (Wildman–Crippen MR) is 93.6 cm³/mol. The number of benzene rings is 1. The number of rotatable bonds is 10. The molecule has 0 heterocycles. The van der Waals surface area contributed by atoms with Crippen LogP contribution in [0.25, 0.3) is 0 Å². The SMILES string of the molecule is CCCCNC(=O)CCCCC(=O)N/N=C\c1ccc(Cl)cc1. The van der Waals surface area contributed by atoms with Crippen molar-refractivity contribution in [2.75, 3.05) is 6.54 Å². The maximum absolute atomic E-state index is 11.6. The molecule has 0 fully saturated rings. The predicted octanol–water partition coefficient (Wildman–Crippen LogP) is 3.27. The first kappa shape index (κ1) is 19.2. The average molecular weight is 338 g/mol. The molecule has 1 aromatic carbocycles. The van der Waals surface area contributed by atoms with Crippen LogP contribution >= 0.6 is 11.6 Å². The van der Waals surface area contributed by atoms with E-state index < -0.39 is 0 Å². The van der Waals surface area contributed by atoms with Gasteiger partial charge in [0.05, 0.1) is 6.21 Å². The van der Waals surface area contributed by atoms with Crippen LogP contribution in [0, 0.1) is 0 Å². The van der Waals surface area contributed by atoms with Gasteiger partial charge >= 0.3 is 0 Å². The zero-order valence-corrected chi connectivity index (χ0v) is 14.2. The molecule has 2 amide bonds. The van der Waals surface area contributed by atoms with Crippen molar-refractivity contribution in [1.82, 2.24) is 10.7 Å². The first-order valence-electron chi connectivity index (χ1n) is 7.96. The van der Waals surface area contributed by atoms with Crippen LogP contribution in [0.4, 0.5) is 0 Å². The number of halogens is 1. The lowest BCUT2D eigenvalue weighted by atomic mass is 10.2. The number of carbonyl (C=O) groups excluding carboxylic acids is 2. The van der Waals surface area contributed by atoms with Crippen LogP contribution in [-0.4, -0.2) is 24.6 Å². The van der Waals surface area contributed by atoms with Crippen molar-refractivity contribution >= 4 is 29.6 Å². The number of amides is 2. The van der Waals surface area contributed by atoms with Gasteiger partial charge in [-0.25, -0.2) is 5.43 Å². The lowest BCUT2D eigenvalue weighted by molar-refractivity contribution is -0.123. The first-order valence-corrected chi connectivity index (χ1v) is 8.33. The van der Waals surface area contributed by atoms with E-state index in [1.165, 1.54) is 0 Å². The molecule has 0 radical (unpaired) electrons. The Balaban J connectivity index is 2.10. The molecule has 5 nitrogen and oxygen atoms in total. The van der Waals surface area contributed by atoms with Crippen LogP contribution in [-0.2, 0) is 9.59 Å². The zero-order chi connectivity index (χ0) is 16.9. The molecule has 0 spiro atoms. The van der Waals surface area contributed by atoms with Gasteiger partial charge < -0.3 is 5.32 Å². The summed E-state index contributed by atoms with van der Waals surface area (Å²) >= 11 is 5.78. The summed E-state index contributed by atoms with van der Waals surface area (Å²) < 4.78 is 0. The van der Waals surface area contributed by atoms with Crippen molar-refractivity contribution in [3.05, 3.63) is 34.9 Å². The lowest BCUT2D eigenvalue weighted by Crippen LogP contribution is -2.24. The van der Waals surface area contributed by atoms with Gasteiger partial charge in [-0.3, -0.25) is 9.59 Å². The van der Waals surface area contributed by atoms with E-state index >= 15 is 0 Å². The molecule has 0 atom stereocenters. The maximum Gasteiger partial charge on any atom is 0.240 e. The molecule has 1 rings (SSSR count). The van der Waals surface area contributed by atoms with Crippen LogP contribution in [0.5, 0.6) is 0 Å². The van der Waals surface area contributed by atoms with Crippen molar-refractivity contribution in [2.24, 2.45) is 5.10 Å².